The standard InChI is InChI=1S/C17H16ClFN2O3/c1-10(16(22)21-15-8-7-11(19)9-13(15)18)24-17(23)12-5-3-4-6-14(12)20-2/h3-10,20H,1-2H3,(H,21,22)/t10-/m1/s1. The molecule has 0 saturated heterocycles. The summed E-state index contributed by atoms with van der Waals surface area (Å²) in [5, 5.41) is 5.43. The van der Waals surface area contributed by atoms with Crippen molar-refractivity contribution < 1.29 is 18.7 Å². The van der Waals surface area contributed by atoms with Gasteiger partial charge in [0.25, 0.3) is 5.91 Å². The molecule has 0 spiro atoms. The second-order valence-electron chi connectivity index (χ2n) is 4.96. The molecule has 0 fully saturated rings. The molecule has 0 unspecified atom stereocenters. The minimum absolute atomic E-state index is 0.0578. The first-order valence-electron chi connectivity index (χ1n) is 7.16. The maximum absolute atomic E-state index is 13.0. The first kappa shape index (κ1) is 17.7. The van der Waals surface area contributed by atoms with E-state index in [2.05, 4.69) is 10.6 Å². The Kier molecular flexibility index (Phi) is 5.76. The Labute approximate surface area is 143 Å². The van der Waals surface area contributed by atoms with Crippen LogP contribution in [-0.2, 0) is 9.53 Å². The largest absolute Gasteiger partial charge is 0.449 e. The molecule has 0 aliphatic rings. The van der Waals surface area contributed by atoms with E-state index in [-0.39, 0.29) is 10.7 Å². The average molecular weight is 351 g/mol. The Bertz CT molecular complexity index is 767. The van der Waals surface area contributed by atoms with Crippen molar-refractivity contribution in [2.45, 2.75) is 13.0 Å². The second kappa shape index (κ2) is 7.79. The van der Waals surface area contributed by atoms with Gasteiger partial charge in [-0.25, -0.2) is 9.18 Å². The van der Waals surface area contributed by atoms with Crippen molar-refractivity contribution in [1.29, 1.82) is 0 Å². The Morgan fingerprint density at radius 3 is 2.54 bits per heavy atom. The summed E-state index contributed by atoms with van der Waals surface area (Å²) < 4.78 is 18.2. The number of carbonyl (C=O) groups is 2. The van der Waals surface area contributed by atoms with Gasteiger partial charge in [0.2, 0.25) is 0 Å². The van der Waals surface area contributed by atoms with Crippen LogP contribution < -0.4 is 10.6 Å². The lowest BCUT2D eigenvalue weighted by atomic mass is 10.2. The molecule has 5 nitrogen and oxygen atoms in total. The second-order valence-corrected chi connectivity index (χ2v) is 5.36. The van der Waals surface area contributed by atoms with Gasteiger partial charge in [0.15, 0.2) is 6.10 Å². The molecule has 0 bridgehead atoms. The lowest BCUT2D eigenvalue weighted by molar-refractivity contribution is -0.123. The first-order chi connectivity index (χ1) is 11.4. The van der Waals surface area contributed by atoms with Gasteiger partial charge in [-0.3, -0.25) is 4.79 Å². The van der Waals surface area contributed by atoms with Gasteiger partial charge >= 0.3 is 5.97 Å². The van der Waals surface area contributed by atoms with E-state index in [1.54, 1.807) is 31.3 Å². The number of nitrogens with one attached hydrogen (secondary N) is 2. The third-order valence-corrected chi connectivity index (χ3v) is 3.57. The number of rotatable bonds is 5. The molecule has 2 aromatic rings. The molecule has 2 rings (SSSR count). The average Bonchev–Trinajstić information content (AvgIpc) is 2.57. The van der Waals surface area contributed by atoms with Gasteiger partial charge in [-0.2, -0.15) is 0 Å². The van der Waals surface area contributed by atoms with E-state index in [9.17, 15) is 14.0 Å². The number of esters is 1. The van der Waals surface area contributed by atoms with Gasteiger partial charge < -0.3 is 15.4 Å². The number of anilines is 2. The quantitative estimate of drug-likeness (QED) is 0.807. The van der Waals surface area contributed by atoms with Gasteiger partial charge in [0, 0.05) is 12.7 Å². The van der Waals surface area contributed by atoms with E-state index in [4.69, 9.17) is 16.3 Å². The Hall–Kier alpha value is -2.60. The molecular weight excluding hydrogens is 335 g/mol. The van der Waals surface area contributed by atoms with Gasteiger partial charge in [-0.05, 0) is 37.3 Å². The van der Waals surface area contributed by atoms with Gasteiger partial charge in [0.05, 0.1) is 16.3 Å². The van der Waals surface area contributed by atoms with Crippen molar-refractivity contribution >= 4 is 34.9 Å². The van der Waals surface area contributed by atoms with Crippen LogP contribution in [-0.4, -0.2) is 25.0 Å². The minimum Gasteiger partial charge on any atom is -0.449 e. The number of amides is 1. The summed E-state index contributed by atoms with van der Waals surface area (Å²) in [5.41, 5.74) is 1.15. The first-order valence-corrected chi connectivity index (χ1v) is 7.54. The summed E-state index contributed by atoms with van der Waals surface area (Å²) in [6.07, 6.45) is -1.05. The number of hydrogen-bond acceptors (Lipinski definition) is 4. The molecule has 0 radical (unpaired) electrons. The van der Waals surface area contributed by atoms with Crippen molar-refractivity contribution in [3.8, 4) is 0 Å². The monoisotopic (exact) mass is 350 g/mol. The highest BCUT2D eigenvalue weighted by atomic mass is 35.5. The highest BCUT2D eigenvalue weighted by Gasteiger charge is 2.21. The Balaban J connectivity index is 2.04. The van der Waals surface area contributed by atoms with E-state index in [1.165, 1.54) is 19.1 Å². The molecular formula is C17H16ClFN2O3. The smallest absolute Gasteiger partial charge is 0.341 e. The molecule has 0 aliphatic carbocycles. The Morgan fingerprint density at radius 2 is 1.88 bits per heavy atom. The van der Waals surface area contributed by atoms with Crippen LogP contribution in [0.4, 0.5) is 15.8 Å². The number of ether oxygens (including phenoxy) is 1. The number of hydrogen-bond donors (Lipinski definition) is 2. The van der Waals surface area contributed by atoms with Crippen LogP contribution in [0.2, 0.25) is 5.02 Å². The van der Waals surface area contributed by atoms with Crippen LogP contribution in [0.5, 0.6) is 0 Å². The molecule has 1 atom stereocenters. The van der Waals surface area contributed by atoms with Crippen molar-refractivity contribution in [2.75, 3.05) is 17.7 Å². The molecule has 0 aromatic heterocycles. The molecule has 0 aliphatic heterocycles. The minimum atomic E-state index is -1.05. The fraction of sp³-hybridized carbons (Fsp3) is 0.176. The normalized spacial score (nSPS) is 11.5. The number of carbonyl (C=O) groups excluding carboxylic acids is 2. The summed E-state index contributed by atoms with van der Waals surface area (Å²) in [5.74, 6) is -1.72. The summed E-state index contributed by atoms with van der Waals surface area (Å²) in [6, 6.07) is 10.4. The predicted molar refractivity (Wildman–Crippen MR) is 90.9 cm³/mol. The fourth-order valence-electron chi connectivity index (χ4n) is 1.98. The number of halogens is 2. The number of para-hydroxylation sites is 1. The van der Waals surface area contributed by atoms with Crippen molar-refractivity contribution in [2.24, 2.45) is 0 Å². The van der Waals surface area contributed by atoms with Gasteiger partial charge in [-0.1, -0.05) is 23.7 Å². The van der Waals surface area contributed by atoms with Crippen molar-refractivity contribution in [3.63, 3.8) is 0 Å². The zero-order valence-electron chi connectivity index (χ0n) is 13.1. The third kappa shape index (κ3) is 4.23. The highest BCUT2D eigenvalue weighted by molar-refractivity contribution is 6.33. The number of benzene rings is 2. The van der Waals surface area contributed by atoms with Crippen LogP contribution in [0, 0.1) is 5.82 Å². The molecule has 2 N–H and O–H groups in total. The maximum atomic E-state index is 13.0. The molecule has 126 valence electrons. The van der Waals surface area contributed by atoms with E-state index in [0.717, 1.165) is 6.07 Å². The SMILES string of the molecule is CNc1ccccc1C(=O)O[C@H](C)C(=O)Nc1ccc(F)cc1Cl. The summed E-state index contributed by atoms with van der Waals surface area (Å²) in [4.78, 5) is 24.3. The topological polar surface area (TPSA) is 67.4 Å². The molecule has 0 saturated carbocycles. The van der Waals surface area contributed by atoms with E-state index >= 15 is 0 Å². The van der Waals surface area contributed by atoms with E-state index in [0.29, 0.717) is 11.3 Å². The molecule has 2 aromatic carbocycles. The zero-order chi connectivity index (χ0) is 17.7. The summed E-state index contributed by atoms with van der Waals surface area (Å²) in [7, 11) is 1.68. The Morgan fingerprint density at radius 1 is 1.17 bits per heavy atom. The molecule has 24 heavy (non-hydrogen) atoms. The van der Waals surface area contributed by atoms with Gasteiger partial charge in [-0.15, -0.1) is 0 Å². The van der Waals surface area contributed by atoms with Crippen LogP contribution in [0.15, 0.2) is 42.5 Å². The summed E-state index contributed by atoms with van der Waals surface area (Å²) >= 11 is 5.85. The summed E-state index contributed by atoms with van der Waals surface area (Å²) in [6.45, 7) is 1.44. The molecule has 1 amide bonds. The van der Waals surface area contributed by atoms with Crippen LogP contribution in [0.25, 0.3) is 0 Å². The predicted octanol–water partition coefficient (Wildman–Crippen LogP) is 3.70. The van der Waals surface area contributed by atoms with Crippen molar-refractivity contribution in [3.05, 3.63) is 58.9 Å². The molecule has 7 heteroatoms. The van der Waals surface area contributed by atoms with Crippen LogP contribution >= 0.6 is 11.6 Å². The van der Waals surface area contributed by atoms with Gasteiger partial charge in [0.1, 0.15) is 5.82 Å². The maximum Gasteiger partial charge on any atom is 0.341 e. The van der Waals surface area contributed by atoms with E-state index < -0.39 is 23.8 Å². The highest BCUT2D eigenvalue weighted by Crippen LogP contribution is 2.23. The van der Waals surface area contributed by atoms with Crippen LogP contribution in [0.1, 0.15) is 17.3 Å². The molecule has 0 heterocycles. The lowest BCUT2D eigenvalue weighted by Gasteiger charge is -2.15. The third-order valence-electron chi connectivity index (χ3n) is 3.26. The van der Waals surface area contributed by atoms with Crippen LogP contribution in [0.3, 0.4) is 0 Å². The fourth-order valence-corrected chi connectivity index (χ4v) is 2.20. The van der Waals surface area contributed by atoms with Crippen molar-refractivity contribution in [1.82, 2.24) is 0 Å². The van der Waals surface area contributed by atoms with E-state index in [1.807, 2.05) is 0 Å². The lowest BCUT2D eigenvalue weighted by Crippen LogP contribution is -2.30. The zero-order valence-corrected chi connectivity index (χ0v) is 13.9.